The number of pyridine rings is 1. The zero-order valence-corrected chi connectivity index (χ0v) is 27.2. The second-order valence-corrected chi connectivity index (χ2v) is 12.4. The van der Waals surface area contributed by atoms with Crippen LogP contribution < -0.4 is 14.8 Å². The quantitative estimate of drug-likeness (QED) is 0.178. The molecule has 1 amide bonds. The molecule has 3 heterocycles. The lowest BCUT2D eigenvalue weighted by molar-refractivity contribution is -0.119. The molecule has 0 radical (unpaired) electrons. The number of aryl methyl sites for hydroxylation is 1. The average Bonchev–Trinajstić information content (AvgIpc) is 3.73. The maximum atomic E-state index is 11.5. The van der Waals surface area contributed by atoms with Gasteiger partial charge in [0.25, 0.3) is 0 Å². The molecule has 0 saturated carbocycles. The minimum atomic E-state index is 0.149. The molecule has 1 aromatic heterocycles. The molecule has 1 fully saturated rings. The van der Waals surface area contributed by atoms with Crippen molar-refractivity contribution in [1.29, 1.82) is 0 Å². The van der Waals surface area contributed by atoms with Crippen LogP contribution in [0, 0.1) is 0 Å². The highest BCUT2D eigenvalue weighted by Gasteiger charge is 2.21. The van der Waals surface area contributed by atoms with Crippen molar-refractivity contribution in [2.24, 2.45) is 4.99 Å². The molecule has 0 spiro atoms. The number of carbonyl (C=O) groups excluding carboxylic acids is 1. The van der Waals surface area contributed by atoms with E-state index in [4.69, 9.17) is 37.7 Å². The van der Waals surface area contributed by atoms with Crippen LogP contribution in [0.5, 0.6) is 11.6 Å². The summed E-state index contributed by atoms with van der Waals surface area (Å²) in [5, 5.41) is 4.23. The predicted octanol–water partition coefficient (Wildman–Crippen LogP) is 8.79. The first-order chi connectivity index (χ1) is 21.9. The molecule has 1 N–H and O–H groups in total. The van der Waals surface area contributed by atoms with Crippen LogP contribution >= 0.6 is 23.2 Å². The van der Waals surface area contributed by atoms with E-state index in [-0.39, 0.29) is 11.9 Å². The third-order valence-corrected chi connectivity index (χ3v) is 9.55. The number of methoxy groups -OCH3 is 2. The van der Waals surface area contributed by atoms with Gasteiger partial charge in [-0.15, -0.1) is 0 Å². The maximum absolute atomic E-state index is 11.5. The highest BCUT2D eigenvalue weighted by atomic mass is 35.5. The zero-order valence-electron chi connectivity index (χ0n) is 25.7. The molecule has 0 bridgehead atoms. The second kappa shape index (κ2) is 14.1. The Morgan fingerprint density at radius 1 is 0.867 bits per heavy atom. The third-order valence-electron chi connectivity index (χ3n) is 8.73. The number of nitrogens with one attached hydrogen (secondary N) is 1. The van der Waals surface area contributed by atoms with Crippen molar-refractivity contribution in [2.45, 2.75) is 57.4 Å². The number of carbonyl (C=O) groups is 1. The van der Waals surface area contributed by atoms with Crippen molar-refractivity contribution in [3.05, 3.63) is 87.9 Å². The molecule has 2 aliphatic rings. The first-order valence-electron chi connectivity index (χ1n) is 15.6. The lowest BCUT2D eigenvalue weighted by Gasteiger charge is -2.16. The minimum absolute atomic E-state index is 0.149. The summed E-state index contributed by atoms with van der Waals surface area (Å²) in [4.78, 5) is 21.0. The Balaban J connectivity index is 1.26. The zero-order chi connectivity index (χ0) is 31.3. The first kappa shape index (κ1) is 31.1. The van der Waals surface area contributed by atoms with E-state index in [1.807, 2.05) is 42.5 Å². The SMILES string of the molecule is COc1cc(-c2cccc(-c3cccc(-c4ccc(CCC[C@@H]5CCC(=O)N5)c(OC)n4)c3Cl)c2Cl)ccc1CC1=NCCC1. The van der Waals surface area contributed by atoms with Gasteiger partial charge >= 0.3 is 0 Å². The smallest absolute Gasteiger partial charge is 0.220 e. The number of aliphatic imine (C=N–C) groups is 1. The fourth-order valence-corrected chi connectivity index (χ4v) is 7.00. The van der Waals surface area contributed by atoms with Crippen LogP contribution in [0.3, 0.4) is 0 Å². The lowest BCUT2D eigenvalue weighted by atomic mass is 9.95. The molecule has 0 unspecified atom stereocenters. The number of halogens is 2. The summed E-state index contributed by atoms with van der Waals surface area (Å²) in [6, 6.07) is 22.5. The molecule has 1 atom stereocenters. The van der Waals surface area contributed by atoms with E-state index in [1.165, 1.54) is 5.71 Å². The number of hydrogen-bond acceptors (Lipinski definition) is 5. The van der Waals surface area contributed by atoms with Crippen molar-refractivity contribution >= 4 is 34.8 Å². The number of benzene rings is 3. The van der Waals surface area contributed by atoms with Gasteiger partial charge in [0.15, 0.2) is 0 Å². The van der Waals surface area contributed by atoms with Crippen molar-refractivity contribution < 1.29 is 14.3 Å². The van der Waals surface area contributed by atoms with Crippen LogP contribution in [0.2, 0.25) is 10.0 Å². The predicted molar refractivity (Wildman–Crippen MR) is 183 cm³/mol. The standard InChI is InChI=1S/C37H37Cl2N3O3/c1-44-33-22-24(14-15-25(33)21-27-9-6-20-40-27)28-10-4-11-29(35(28)38)30-12-5-13-31(36(30)39)32-18-16-23(37(42-32)45-2)7-3-8-26-17-19-34(43)41-26/h4-5,10-16,18,22,26H,3,6-9,17,19-21H2,1-2H3,(H,41,43)/t26-/m1/s1. The van der Waals surface area contributed by atoms with Crippen LogP contribution in [0.4, 0.5) is 0 Å². The third kappa shape index (κ3) is 6.87. The van der Waals surface area contributed by atoms with Gasteiger partial charge in [-0.3, -0.25) is 9.79 Å². The van der Waals surface area contributed by atoms with Crippen molar-refractivity contribution in [1.82, 2.24) is 10.3 Å². The Hall–Kier alpha value is -3.87. The molecule has 8 heteroatoms. The van der Waals surface area contributed by atoms with Gasteiger partial charge in [-0.05, 0) is 61.8 Å². The summed E-state index contributed by atoms with van der Waals surface area (Å²) in [6.07, 6.45) is 7.21. The number of nitrogens with zero attached hydrogens (tertiary/aromatic N) is 2. The Morgan fingerprint density at radius 3 is 2.29 bits per heavy atom. The highest BCUT2D eigenvalue weighted by molar-refractivity contribution is 6.39. The van der Waals surface area contributed by atoms with Gasteiger partial charge < -0.3 is 14.8 Å². The summed E-state index contributed by atoms with van der Waals surface area (Å²) < 4.78 is 11.5. The Bertz CT molecular complexity index is 1750. The minimum Gasteiger partial charge on any atom is -0.496 e. The van der Waals surface area contributed by atoms with Crippen molar-refractivity contribution in [3.8, 4) is 45.1 Å². The largest absolute Gasteiger partial charge is 0.496 e. The Morgan fingerprint density at radius 2 is 1.60 bits per heavy atom. The topological polar surface area (TPSA) is 72.8 Å². The molecule has 2 aliphatic heterocycles. The molecule has 6 nitrogen and oxygen atoms in total. The number of ether oxygens (including phenoxy) is 2. The van der Waals surface area contributed by atoms with E-state index in [1.54, 1.807) is 14.2 Å². The van der Waals surface area contributed by atoms with Crippen molar-refractivity contribution in [3.63, 3.8) is 0 Å². The van der Waals surface area contributed by atoms with E-state index in [9.17, 15) is 4.79 Å². The molecule has 4 aromatic rings. The fraction of sp³-hybridized carbons (Fsp3) is 0.324. The van der Waals surface area contributed by atoms with Gasteiger partial charge in [-0.1, -0.05) is 77.8 Å². The van der Waals surface area contributed by atoms with Gasteiger partial charge in [0.2, 0.25) is 11.8 Å². The van der Waals surface area contributed by atoms with Gasteiger partial charge in [-0.2, -0.15) is 0 Å². The molecule has 0 aliphatic carbocycles. The molecular weight excluding hydrogens is 605 g/mol. The summed E-state index contributed by atoms with van der Waals surface area (Å²) >= 11 is 14.2. The van der Waals surface area contributed by atoms with Gasteiger partial charge in [-0.25, -0.2) is 4.98 Å². The highest BCUT2D eigenvalue weighted by Crippen LogP contribution is 2.43. The molecule has 6 rings (SSSR count). The van der Waals surface area contributed by atoms with Gasteiger partial charge in [0.05, 0.1) is 30.0 Å². The summed E-state index contributed by atoms with van der Waals surface area (Å²) in [7, 11) is 3.34. The molecular formula is C37H37Cl2N3O3. The normalized spacial score (nSPS) is 16.0. The second-order valence-electron chi connectivity index (χ2n) is 11.6. The van der Waals surface area contributed by atoms with Crippen LogP contribution in [-0.4, -0.2) is 43.4 Å². The van der Waals surface area contributed by atoms with Crippen LogP contribution in [0.15, 0.2) is 71.7 Å². The van der Waals surface area contributed by atoms with Crippen LogP contribution in [0.1, 0.15) is 49.7 Å². The average molecular weight is 643 g/mol. The van der Waals surface area contributed by atoms with Crippen molar-refractivity contribution in [2.75, 3.05) is 20.8 Å². The number of amides is 1. The molecule has 45 heavy (non-hydrogen) atoms. The summed E-state index contributed by atoms with van der Waals surface area (Å²) in [6.45, 7) is 0.917. The summed E-state index contributed by atoms with van der Waals surface area (Å²) in [5.41, 5.74) is 8.46. The number of hydrogen-bond donors (Lipinski definition) is 1. The van der Waals surface area contributed by atoms with E-state index in [0.29, 0.717) is 22.3 Å². The maximum Gasteiger partial charge on any atom is 0.220 e. The number of aromatic nitrogens is 1. The molecule has 232 valence electrons. The van der Waals surface area contributed by atoms with Gasteiger partial charge in [0, 0.05) is 59.0 Å². The summed E-state index contributed by atoms with van der Waals surface area (Å²) in [5.74, 6) is 1.56. The number of rotatable bonds is 11. The Kier molecular flexibility index (Phi) is 9.72. The van der Waals surface area contributed by atoms with Gasteiger partial charge in [0.1, 0.15) is 5.75 Å². The molecule has 3 aromatic carbocycles. The van der Waals surface area contributed by atoms with Crippen LogP contribution in [0.25, 0.3) is 33.5 Å². The van der Waals surface area contributed by atoms with E-state index in [0.717, 1.165) is 102 Å². The first-order valence-corrected chi connectivity index (χ1v) is 16.3. The Labute approximate surface area is 274 Å². The molecule has 1 saturated heterocycles. The fourth-order valence-electron chi connectivity index (χ4n) is 6.34. The van der Waals surface area contributed by atoms with E-state index in [2.05, 4.69) is 34.6 Å². The monoisotopic (exact) mass is 641 g/mol. The van der Waals surface area contributed by atoms with Crippen LogP contribution in [-0.2, 0) is 17.6 Å². The van der Waals surface area contributed by atoms with E-state index < -0.39 is 0 Å². The van der Waals surface area contributed by atoms with E-state index >= 15 is 0 Å². The lowest BCUT2D eigenvalue weighted by Crippen LogP contribution is -2.25.